The smallest absolute Gasteiger partial charge is 0.331 e. The fraction of sp³-hybridized carbons (Fsp3) is 0.462. The number of anilines is 1. The van der Waals surface area contributed by atoms with E-state index in [1.807, 2.05) is 51.1 Å². The van der Waals surface area contributed by atoms with Crippen molar-refractivity contribution >= 4 is 11.7 Å². The van der Waals surface area contributed by atoms with Gasteiger partial charge in [-0.3, -0.25) is 0 Å². The lowest BCUT2D eigenvalue weighted by Gasteiger charge is -2.32. The molecule has 88 valence electrons. The number of ether oxygens (including phenoxy) is 1. The maximum absolute atomic E-state index is 11.8. The Labute approximate surface area is 96.8 Å². The Bertz CT molecular complexity index is 348. The Kier molecular flexibility index (Phi) is 3.93. The van der Waals surface area contributed by atoms with Gasteiger partial charge in [-0.1, -0.05) is 32.0 Å². The fourth-order valence-electron chi connectivity index (χ4n) is 1.46. The van der Waals surface area contributed by atoms with Gasteiger partial charge in [0.1, 0.15) is 5.54 Å². The highest BCUT2D eigenvalue weighted by Gasteiger charge is 2.37. The van der Waals surface area contributed by atoms with Crippen LogP contribution in [-0.2, 0) is 9.53 Å². The van der Waals surface area contributed by atoms with Crippen LogP contribution in [0.1, 0.15) is 20.8 Å². The van der Waals surface area contributed by atoms with Gasteiger partial charge in [0.15, 0.2) is 0 Å². The number of carbonyl (C=O) groups excluding carboxylic acids is 1. The predicted molar refractivity (Wildman–Crippen MR) is 65.3 cm³/mol. The van der Waals surface area contributed by atoms with Gasteiger partial charge < -0.3 is 10.1 Å². The van der Waals surface area contributed by atoms with Crippen molar-refractivity contribution in [3.8, 4) is 0 Å². The Hall–Kier alpha value is -1.51. The first kappa shape index (κ1) is 12.6. The van der Waals surface area contributed by atoms with Crippen LogP contribution >= 0.6 is 0 Å². The largest absolute Gasteiger partial charge is 0.467 e. The van der Waals surface area contributed by atoms with Crippen molar-refractivity contribution in [2.45, 2.75) is 26.3 Å². The van der Waals surface area contributed by atoms with Crippen LogP contribution in [0, 0.1) is 5.92 Å². The number of benzene rings is 1. The molecule has 3 nitrogen and oxygen atoms in total. The molecule has 1 unspecified atom stereocenters. The van der Waals surface area contributed by atoms with E-state index in [4.69, 9.17) is 4.74 Å². The van der Waals surface area contributed by atoms with Gasteiger partial charge in [0.2, 0.25) is 0 Å². The maximum Gasteiger partial charge on any atom is 0.331 e. The molecule has 0 bridgehead atoms. The molecule has 0 heterocycles. The SMILES string of the molecule is COC(=O)C(C)(Nc1ccccc1)C(C)C. The van der Waals surface area contributed by atoms with Crippen molar-refractivity contribution in [3.05, 3.63) is 30.3 Å². The predicted octanol–water partition coefficient (Wildman–Crippen LogP) is 2.69. The van der Waals surface area contributed by atoms with E-state index >= 15 is 0 Å². The quantitative estimate of drug-likeness (QED) is 0.794. The Morgan fingerprint density at radius 3 is 2.31 bits per heavy atom. The molecule has 0 fully saturated rings. The Morgan fingerprint density at radius 1 is 1.31 bits per heavy atom. The first-order valence-corrected chi connectivity index (χ1v) is 5.42. The summed E-state index contributed by atoms with van der Waals surface area (Å²) in [6, 6.07) is 9.67. The molecule has 0 spiro atoms. The highest BCUT2D eigenvalue weighted by atomic mass is 16.5. The second-order valence-electron chi connectivity index (χ2n) is 4.34. The summed E-state index contributed by atoms with van der Waals surface area (Å²) in [5.41, 5.74) is 0.222. The van der Waals surface area contributed by atoms with Crippen LogP contribution in [0.2, 0.25) is 0 Å². The summed E-state index contributed by atoms with van der Waals surface area (Å²) in [6.45, 7) is 5.84. The molecular formula is C13H19NO2. The monoisotopic (exact) mass is 221 g/mol. The van der Waals surface area contributed by atoms with Crippen LogP contribution < -0.4 is 5.32 Å². The zero-order valence-electron chi connectivity index (χ0n) is 10.3. The molecule has 1 atom stereocenters. The van der Waals surface area contributed by atoms with E-state index in [1.54, 1.807) is 0 Å². The highest BCUT2D eigenvalue weighted by molar-refractivity contribution is 5.84. The van der Waals surface area contributed by atoms with Gasteiger partial charge >= 0.3 is 5.97 Å². The molecule has 1 N–H and O–H groups in total. The zero-order valence-corrected chi connectivity index (χ0v) is 10.3. The van der Waals surface area contributed by atoms with Crippen LogP contribution in [0.15, 0.2) is 30.3 Å². The summed E-state index contributed by atoms with van der Waals surface area (Å²) in [6.07, 6.45) is 0. The van der Waals surface area contributed by atoms with Gasteiger partial charge in [0.05, 0.1) is 7.11 Å². The molecule has 0 saturated heterocycles. The average molecular weight is 221 g/mol. The number of rotatable bonds is 4. The minimum Gasteiger partial charge on any atom is -0.467 e. The van der Waals surface area contributed by atoms with E-state index in [-0.39, 0.29) is 11.9 Å². The second kappa shape index (κ2) is 5.01. The first-order chi connectivity index (χ1) is 7.50. The first-order valence-electron chi connectivity index (χ1n) is 5.42. The minimum absolute atomic E-state index is 0.139. The average Bonchev–Trinajstić information content (AvgIpc) is 2.28. The van der Waals surface area contributed by atoms with E-state index in [2.05, 4.69) is 5.32 Å². The number of hydrogen-bond acceptors (Lipinski definition) is 3. The molecule has 0 radical (unpaired) electrons. The van der Waals surface area contributed by atoms with Crippen molar-refractivity contribution in [1.29, 1.82) is 0 Å². The van der Waals surface area contributed by atoms with Gasteiger partial charge in [0, 0.05) is 5.69 Å². The molecule has 1 aromatic carbocycles. The molecule has 1 aromatic rings. The van der Waals surface area contributed by atoms with Gasteiger partial charge in [-0.05, 0) is 25.0 Å². The van der Waals surface area contributed by atoms with Crippen molar-refractivity contribution in [2.75, 3.05) is 12.4 Å². The van der Waals surface area contributed by atoms with Crippen molar-refractivity contribution < 1.29 is 9.53 Å². The fourth-order valence-corrected chi connectivity index (χ4v) is 1.46. The zero-order chi connectivity index (χ0) is 12.2. The summed E-state index contributed by atoms with van der Waals surface area (Å²) in [7, 11) is 1.41. The van der Waals surface area contributed by atoms with Gasteiger partial charge in [-0.25, -0.2) is 4.79 Å². The lowest BCUT2D eigenvalue weighted by molar-refractivity contribution is -0.146. The van der Waals surface area contributed by atoms with Crippen molar-refractivity contribution in [2.24, 2.45) is 5.92 Å². The minimum atomic E-state index is -0.698. The second-order valence-corrected chi connectivity index (χ2v) is 4.34. The third-order valence-electron chi connectivity index (χ3n) is 2.94. The lowest BCUT2D eigenvalue weighted by atomic mass is 9.88. The number of hydrogen-bond donors (Lipinski definition) is 1. The molecule has 3 heteroatoms. The number of carbonyl (C=O) groups is 1. The van der Waals surface area contributed by atoms with E-state index in [0.717, 1.165) is 5.69 Å². The molecule has 16 heavy (non-hydrogen) atoms. The third-order valence-corrected chi connectivity index (χ3v) is 2.94. The summed E-state index contributed by atoms with van der Waals surface area (Å²) < 4.78 is 4.85. The number of para-hydroxylation sites is 1. The summed E-state index contributed by atoms with van der Waals surface area (Å²) in [4.78, 5) is 11.8. The van der Waals surface area contributed by atoms with E-state index in [1.165, 1.54) is 7.11 Å². The number of nitrogens with one attached hydrogen (secondary N) is 1. The normalized spacial score (nSPS) is 14.3. The van der Waals surface area contributed by atoms with Crippen LogP contribution in [0.25, 0.3) is 0 Å². The topological polar surface area (TPSA) is 38.3 Å². The van der Waals surface area contributed by atoms with E-state index in [0.29, 0.717) is 0 Å². The molecule has 0 aliphatic heterocycles. The molecule has 0 aromatic heterocycles. The molecule has 0 aliphatic carbocycles. The summed E-state index contributed by atoms with van der Waals surface area (Å²) in [5.74, 6) is -0.105. The maximum atomic E-state index is 11.8. The number of esters is 1. The molecule has 0 amide bonds. The van der Waals surface area contributed by atoms with Crippen LogP contribution in [0.3, 0.4) is 0 Å². The Balaban J connectivity index is 2.92. The van der Waals surface area contributed by atoms with Gasteiger partial charge in [-0.15, -0.1) is 0 Å². The van der Waals surface area contributed by atoms with Crippen LogP contribution in [0.5, 0.6) is 0 Å². The molecule has 0 saturated carbocycles. The molecule has 0 aliphatic rings. The van der Waals surface area contributed by atoms with E-state index in [9.17, 15) is 4.79 Å². The number of methoxy groups -OCH3 is 1. The Morgan fingerprint density at radius 2 is 1.88 bits per heavy atom. The third kappa shape index (κ3) is 2.54. The molecular weight excluding hydrogens is 202 g/mol. The standard InChI is InChI=1S/C13H19NO2/c1-10(2)13(3,12(15)16-4)14-11-8-6-5-7-9-11/h5-10,14H,1-4H3. The molecule has 1 rings (SSSR count). The highest BCUT2D eigenvalue weighted by Crippen LogP contribution is 2.24. The summed E-state index contributed by atoms with van der Waals surface area (Å²) in [5, 5.41) is 3.23. The van der Waals surface area contributed by atoms with Gasteiger partial charge in [0.25, 0.3) is 0 Å². The van der Waals surface area contributed by atoms with Crippen LogP contribution in [0.4, 0.5) is 5.69 Å². The van der Waals surface area contributed by atoms with Gasteiger partial charge in [-0.2, -0.15) is 0 Å². The van der Waals surface area contributed by atoms with Crippen molar-refractivity contribution in [1.82, 2.24) is 0 Å². The van der Waals surface area contributed by atoms with Crippen LogP contribution in [-0.4, -0.2) is 18.6 Å². The lowest BCUT2D eigenvalue weighted by Crippen LogP contribution is -2.48. The van der Waals surface area contributed by atoms with Crippen molar-refractivity contribution in [3.63, 3.8) is 0 Å². The summed E-state index contributed by atoms with van der Waals surface area (Å²) >= 11 is 0. The van der Waals surface area contributed by atoms with E-state index < -0.39 is 5.54 Å².